The zero-order chi connectivity index (χ0) is 13.4. The summed E-state index contributed by atoms with van der Waals surface area (Å²) in [6.07, 6.45) is 4.63. The highest BCUT2D eigenvalue weighted by atomic mass is 16.4. The zero-order valence-electron chi connectivity index (χ0n) is 10.9. The molecule has 3 rings (SSSR count). The summed E-state index contributed by atoms with van der Waals surface area (Å²) in [5.41, 5.74) is 4.86. The average Bonchev–Trinajstić information content (AvgIpc) is 2.80. The standard InChI is InChI=1S/C15H16N2O2/c1-17-14(9-13(16-17)15(18)19)12-8-4-6-10-5-2-3-7-11(10)12/h4,6,8-9H,2-3,5,7H2,1H3,(H,18,19). The van der Waals surface area contributed by atoms with Crippen LogP contribution in [-0.4, -0.2) is 20.9 Å². The lowest BCUT2D eigenvalue weighted by Crippen LogP contribution is -2.05. The van der Waals surface area contributed by atoms with Gasteiger partial charge in [0.1, 0.15) is 0 Å². The molecule has 0 radical (unpaired) electrons. The molecule has 0 aliphatic heterocycles. The number of carbonyl (C=O) groups is 1. The highest BCUT2D eigenvalue weighted by Gasteiger charge is 2.18. The van der Waals surface area contributed by atoms with Crippen LogP contribution in [-0.2, 0) is 19.9 Å². The second-order valence-corrected chi connectivity index (χ2v) is 4.99. The summed E-state index contributed by atoms with van der Waals surface area (Å²) in [4.78, 5) is 11.0. The maximum atomic E-state index is 11.0. The van der Waals surface area contributed by atoms with Gasteiger partial charge >= 0.3 is 5.97 Å². The van der Waals surface area contributed by atoms with Crippen LogP contribution < -0.4 is 0 Å². The molecular formula is C15H16N2O2. The second-order valence-electron chi connectivity index (χ2n) is 4.99. The smallest absolute Gasteiger partial charge is 0.356 e. The third kappa shape index (κ3) is 2.03. The van der Waals surface area contributed by atoms with E-state index in [-0.39, 0.29) is 5.69 Å². The summed E-state index contributed by atoms with van der Waals surface area (Å²) in [6.45, 7) is 0. The third-order valence-corrected chi connectivity index (χ3v) is 3.77. The fraction of sp³-hybridized carbons (Fsp3) is 0.333. The van der Waals surface area contributed by atoms with Crippen molar-refractivity contribution in [2.75, 3.05) is 0 Å². The lowest BCUT2D eigenvalue weighted by molar-refractivity contribution is 0.0689. The number of rotatable bonds is 2. The van der Waals surface area contributed by atoms with Crippen LogP contribution in [0.3, 0.4) is 0 Å². The number of aryl methyl sites for hydroxylation is 2. The zero-order valence-corrected chi connectivity index (χ0v) is 10.9. The summed E-state index contributed by atoms with van der Waals surface area (Å²) in [6, 6.07) is 7.94. The Bertz CT molecular complexity index is 644. The Kier molecular flexibility index (Phi) is 2.85. The summed E-state index contributed by atoms with van der Waals surface area (Å²) in [5, 5.41) is 13.1. The molecule has 98 valence electrons. The SMILES string of the molecule is Cn1nc(C(=O)O)cc1-c1cccc2c1CCCC2. The Labute approximate surface area is 111 Å². The van der Waals surface area contributed by atoms with Gasteiger partial charge in [-0.25, -0.2) is 4.79 Å². The monoisotopic (exact) mass is 256 g/mol. The predicted octanol–water partition coefficient (Wildman–Crippen LogP) is 2.66. The average molecular weight is 256 g/mol. The van der Waals surface area contributed by atoms with Gasteiger partial charge in [-0.15, -0.1) is 0 Å². The molecule has 0 saturated carbocycles. The van der Waals surface area contributed by atoms with Gasteiger partial charge in [-0.1, -0.05) is 18.2 Å². The highest BCUT2D eigenvalue weighted by molar-refractivity contribution is 5.87. The molecular weight excluding hydrogens is 240 g/mol. The molecule has 1 aromatic heterocycles. The van der Waals surface area contributed by atoms with Crippen molar-refractivity contribution in [1.82, 2.24) is 9.78 Å². The maximum Gasteiger partial charge on any atom is 0.356 e. The Morgan fingerprint density at radius 1 is 1.32 bits per heavy atom. The molecule has 0 bridgehead atoms. The first kappa shape index (κ1) is 12.0. The Balaban J connectivity index is 2.14. The van der Waals surface area contributed by atoms with E-state index >= 15 is 0 Å². The minimum Gasteiger partial charge on any atom is -0.476 e. The number of nitrogens with zero attached hydrogens (tertiary/aromatic N) is 2. The molecule has 1 heterocycles. The largest absolute Gasteiger partial charge is 0.476 e. The first-order valence-corrected chi connectivity index (χ1v) is 6.55. The summed E-state index contributed by atoms with van der Waals surface area (Å²) in [5.74, 6) is -0.980. The van der Waals surface area contributed by atoms with Crippen LogP contribution in [0.1, 0.15) is 34.5 Å². The van der Waals surface area contributed by atoms with Gasteiger partial charge in [-0.05, 0) is 42.9 Å². The number of carboxylic acids is 1. The summed E-state index contributed by atoms with van der Waals surface area (Å²) < 4.78 is 1.66. The molecule has 0 unspecified atom stereocenters. The normalized spacial score (nSPS) is 14.2. The fourth-order valence-electron chi connectivity index (χ4n) is 2.85. The van der Waals surface area contributed by atoms with E-state index in [0.717, 1.165) is 24.1 Å². The number of hydrogen-bond acceptors (Lipinski definition) is 2. The Hall–Kier alpha value is -2.10. The molecule has 0 amide bonds. The fourth-order valence-corrected chi connectivity index (χ4v) is 2.85. The van der Waals surface area contributed by atoms with E-state index in [1.807, 2.05) is 6.07 Å². The van der Waals surface area contributed by atoms with Gasteiger partial charge in [0.2, 0.25) is 0 Å². The number of aromatic nitrogens is 2. The molecule has 0 atom stereocenters. The van der Waals surface area contributed by atoms with Crippen LogP contribution in [0.5, 0.6) is 0 Å². The van der Waals surface area contributed by atoms with Crippen molar-refractivity contribution < 1.29 is 9.90 Å². The quantitative estimate of drug-likeness (QED) is 0.898. The first-order valence-electron chi connectivity index (χ1n) is 6.55. The molecule has 1 aliphatic rings. The second kappa shape index (κ2) is 4.53. The van der Waals surface area contributed by atoms with Crippen LogP contribution >= 0.6 is 0 Å². The van der Waals surface area contributed by atoms with Crippen LogP contribution in [0.2, 0.25) is 0 Å². The molecule has 4 nitrogen and oxygen atoms in total. The Morgan fingerprint density at radius 2 is 2.11 bits per heavy atom. The number of aromatic carboxylic acids is 1. The van der Waals surface area contributed by atoms with Gasteiger partial charge < -0.3 is 5.11 Å². The summed E-state index contributed by atoms with van der Waals surface area (Å²) in [7, 11) is 1.80. The minimum atomic E-state index is -0.980. The van der Waals surface area contributed by atoms with Crippen molar-refractivity contribution in [3.05, 3.63) is 41.1 Å². The molecule has 4 heteroatoms. The van der Waals surface area contributed by atoms with E-state index in [1.54, 1.807) is 17.8 Å². The van der Waals surface area contributed by atoms with E-state index in [4.69, 9.17) is 5.11 Å². The van der Waals surface area contributed by atoms with Gasteiger partial charge in [0.05, 0.1) is 5.69 Å². The molecule has 0 saturated heterocycles. The lowest BCUT2D eigenvalue weighted by atomic mass is 9.87. The van der Waals surface area contributed by atoms with Crippen molar-refractivity contribution in [2.45, 2.75) is 25.7 Å². The van der Waals surface area contributed by atoms with Gasteiger partial charge in [0, 0.05) is 12.6 Å². The minimum absolute atomic E-state index is 0.103. The van der Waals surface area contributed by atoms with Crippen LogP contribution in [0.15, 0.2) is 24.3 Å². The van der Waals surface area contributed by atoms with Gasteiger partial charge in [0.15, 0.2) is 5.69 Å². The first-order chi connectivity index (χ1) is 9.16. The molecule has 0 spiro atoms. The third-order valence-electron chi connectivity index (χ3n) is 3.77. The van der Waals surface area contributed by atoms with E-state index in [2.05, 4.69) is 17.2 Å². The predicted molar refractivity (Wildman–Crippen MR) is 72.2 cm³/mol. The summed E-state index contributed by atoms with van der Waals surface area (Å²) >= 11 is 0. The van der Waals surface area contributed by atoms with Crippen LogP contribution in [0.4, 0.5) is 0 Å². The molecule has 0 fully saturated rings. The number of hydrogen-bond donors (Lipinski definition) is 1. The number of fused-ring (bicyclic) bond motifs is 1. The number of carboxylic acid groups (broad SMARTS) is 1. The van der Waals surface area contributed by atoms with Gasteiger partial charge in [-0.3, -0.25) is 4.68 Å². The lowest BCUT2D eigenvalue weighted by Gasteiger charge is -2.19. The van der Waals surface area contributed by atoms with Crippen molar-refractivity contribution in [3.63, 3.8) is 0 Å². The highest BCUT2D eigenvalue weighted by Crippen LogP contribution is 2.31. The number of benzene rings is 1. The van der Waals surface area contributed by atoms with Crippen LogP contribution in [0.25, 0.3) is 11.3 Å². The van der Waals surface area contributed by atoms with Crippen molar-refractivity contribution >= 4 is 5.97 Å². The van der Waals surface area contributed by atoms with Gasteiger partial charge in [-0.2, -0.15) is 5.10 Å². The molecule has 19 heavy (non-hydrogen) atoms. The van der Waals surface area contributed by atoms with E-state index in [1.165, 1.54) is 24.0 Å². The molecule has 1 aromatic carbocycles. The van der Waals surface area contributed by atoms with Crippen molar-refractivity contribution in [2.24, 2.45) is 7.05 Å². The van der Waals surface area contributed by atoms with E-state index in [0.29, 0.717) is 0 Å². The molecule has 2 aromatic rings. The topological polar surface area (TPSA) is 55.1 Å². The van der Waals surface area contributed by atoms with E-state index in [9.17, 15) is 4.79 Å². The van der Waals surface area contributed by atoms with Gasteiger partial charge in [0.25, 0.3) is 0 Å². The molecule has 1 aliphatic carbocycles. The maximum absolute atomic E-state index is 11.0. The van der Waals surface area contributed by atoms with Crippen molar-refractivity contribution in [3.8, 4) is 11.3 Å². The van der Waals surface area contributed by atoms with Crippen LogP contribution in [0, 0.1) is 0 Å². The Morgan fingerprint density at radius 3 is 2.84 bits per heavy atom. The molecule has 1 N–H and O–H groups in total. The van der Waals surface area contributed by atoms with E-state index < -0.39 is 5.97 Å². The van der Waals surface area contributed by atoms with Crippen molar-refractivity contribution in [1.29, 1.82) is 0 Å².